The summed E-state index contributed by atoms with van der Waals surface area (Å²) in [5.74, 6) is 0.0284. The summed E-state index contributed by atoms with van der Waals surface area (Å²) in [4.78, 5) is 16.9. The van der Waals surface area contributed by atoms with E-state index in [0.29, 0.717) is 12.1 Å². The Morgan fingerprint density at radius 2 is 2.05 bits per heavy atom. The third-order valence-electron chi connectivity index (χ3n) is 4.61. The number of aliphatic hydroxyl groups excluding tert-OH is 1. The van der Waals surface area contributed by atoms with E-state index in [2.05, 4.69) is 17.0 Å². The van der Waals surface area contributed by atoms with E-state index < -0.39 is 0 Å². The number of carbonyl (C=O) groups excluding carboxylic acids is 1. The van der Waals surface area contributed by atoms with Crippen LogP contribution < -0.4 is 0 Å². The summed E-state index contributed by atoms with van der Waals surface area (Å²) in [5, 5.41) is 14.5. The molecule has 1 atom stereocenters. The highest BCUT2D eigenvalue weighted by Gasteiger charge is 2.31. The topological polar surface area (TPSA) is 61.6 Å². The Balaban J connectivity index is 1.88. The smallest absolute Gasteiger partial charge is 0.274 e. The van der Waals surface area contributed by atoms with Gasteiger partial charge in [-0.05, 0) is 26.8 Å². The fraction of sp³-hybridized carbons (Fsp3) is 0.733. The number of rotatable bonds is 2. The number of fused-ring (bicyclic) bond motifs is 1. The van der Waals surface area contributed by atoms with Crippen molar-refractivity contribution in [1.82, 2.24) is 19.6 Å². The van der Waals surface area contributed by atoms with Crippen molar-refractivity contribution in [3.05, 3.63) is 17.0 Å². The maximum absolute atomic E-state index is 12.8. The first-order chi connectivity index (χ1) is 10.1. The van der Waals surface area contributed by atoms with E-state index in [4.69, 9.17) is 0 Å². The average molecular weight is 292 g/mol. The average Bonchev–Trinajstić information content (AvgIpc) is 2.85. The molecule has 0 bridgehead atoms. The van der Waals surface area contributed by atoms with E-state index in [1.807, 2.05) is 16.5 Å². The molecule has 1 fully saturated rings. The van der Waals surface area contributed by atoms with Crippen LogP contribution in [0.1, 0.15) is 35.1 Å². The maximum Gasteiger partial charge on any atom is 0.274 e. The molecule has 6 heteroatoms. The Morgan fingerprint density at radius 1 is 1.33 bits per heavy atom. The van der Waals surface area contributed by atoms with E-state index in [0.717, 1.165) is 56.8 Å². The van der Waals surface area contributed by atoms with E-state index in [1.165, 1.54) is 0 Å². The monoisotopic (exact) mass is 292 g/mol. The van der Waals surface area contributed by atoms with Crippen LogP contribution in [0.4, 0.5) is 0 Å². The number of carbonyl (C=O) groups is 1. The van der Waals surface area contributed by atoms with Crippen LogP contribution >= 0.6 is 0 Å². The summed E-state index contributed by atoms with van der Waals surface area (Å²) in [6, 6.07) is 0. The molecule has 2 heterocycles. The molecule has 0 spiro atoms. The van der Waals surface area contributed by atoms with E-state index in [-0.39, 0.29) is 12.0 Å². The van der Waals surface area contributed by atoms with Gasteiger partial charge >= 0.3 is 0 Å². The molecule has 1 saturated heterocycles. The van der Waals surface area contributed by atoms with Crippen LogP contribution in [0.5, 0.6) is 0 Å². The number of nitrogens with zero attached hydrogens (tertiary/aromatic N) is 4. The van der Waals surface area contributed by atoms with Gasteiger partial charge in [0.05, 0.1) is 6.10 Å². The first-order valence-corrected chi connectivity index (χ1v) is 7.84. The highest BCUT2D eigenvalue weighted by atomic mass is 16.3. The van der Waals surface area contributed by atoms with Gasteiger partial charge in [-0.25, -0.2) is 0 Å². The quantitative estimate of drug-likeness (QED) is 0.842. The SMILES string of the molecule is CCn1nc(C(=O)N2CCN(C)CC2)c2c1CCC(O)C2. The van der Waals surface area contributed by atoms with Crippen molar-refractivity contribution in [3.63, 3.8) is 0 Å². The Labute approximate surface area is 125 Å². The number of amides is 1. The third-order valence-corrected chi connectivity index (χ3v) is 4.61. The molecule has 0 aromatic carbocycles. The minimum absolute atomic E-state index is 0.0284. The van der Waals surface area contributed by atoms with Crippen LogP contribution in [0.3, 0.4) is 0 Å². The van der Waals surface area contributed by atoms with Gasteiger partial charge in [0.15, 0.2) is 5.69 Å². The molecule has 116 valence electrons. The van der Waals surface area contributed by atoms with Gasteiger partial charge in [0.2, 0.25) is 0 Å². The number of hydrogen-bond acceptors (Lipinski definition) is 4. The first-order valence-electron chi connectivity index (χ1n) is 7.84. The molecule has 1 aliphatic carbocycles. The lowest BCUT2D eigenvalue weighted by molar-refractivity contribution is 0.0655. The fourth-order valence-electron chi connectivity index (χ4n) is 3.26. The fourth-order valence-corrected chi connectivity index (χ4v) is 3.26. The molecule has 0 saturated carbocycles. The predicted molar refractivity (Wildman–Crippen MR) is 79.3 cm³/mol. The summed E-state index contributed by atoms with van der Waals surface area (Å²) < 4.78 is 1.94. The molecule has 6 nitrogen and oxygen atoms in total. The number of likely N-dealkylation sites (N-methyl/N-ethyl adjacent to an activating group) is 1. The lowest BCUT2D eigenvalue weighted by atomic mass is 9.93. The lowest BCUT2D eigenvalue weighted by Gasteiger charge is -2.32. The van der Waals surface area contributed by atoms with E-state index in [9.17, 15) is 9.90 Å². The predicted octanol–water partition coefficient (Wildman–Crippen LogP) is 0.140. The van der Waals surface area contributed by atoms with Gasteiger partial charge in [-0.1, -0.05) is 0 Å². The lowest BCUT2D eigenvalue weighted by Crippen LogP contribution is -2.47. The highest BCUT2D eigenvalue weighted by molar-refractivity contribution is 5.94. The Hall–Kier alpha value is -1.40. The summed E-state index contributed by atoms with van der Waals surface area (Å²) in [6.07, 6.45) is 1.80. The molecule has 3 rings (SSSR count). The Bertz CT molecular complexity index is 532. The van der Waals surface area contributed by atoms with Crippen molar-refractivity contribution in [1.29, 1.82) is 0 Å². The van der Waals surface area contributed by atoms with Crippen LogP contribution in [0, 0.1) is 0 Å². The van der Waals surface area contributed by atoms with Gasteiger partial charge in [-0.3, -0.25) is 9.48 Å². The molecule has 1 N–H and O–H groups in total. The second kappa shape index (κ2) is 5.77. The zero-order valence-corrected chi connectivity index (χ0v) is 12.9. The van der Waals surface area contributed by atoms with Gasteiger partial charge in [0.25, 0.3) is 5.91 Å². The summed E-state index contributed by atoms with van der Waals surface area (Å²) >= 11 is 0. The molecular weight excluding hydrogens is 268 g/mol. The maximum atomic E-state index is 12.8. The number of aliphatic hydroxyl groups is 1. The van der Waals surface area contributed by atoms with Crippen LogP contribution in [-0.4, -0.2) is 69.9 Å². The van der Waals surface area contributed by atoms with Crippen molar-refractivity contribution in [2.24, 2.45) is 0 Å². The van der Waals surface area contributed by atoms with Crippen molar-refractivity contribution < 1.29 is 9.90 Å². The van der Waals surface area contributed by atoms with Crippen molar-refractivity contribution >= 4 is 5.91 Å². The minimum atomic E-state index is -0.342. The largest absolute Gasteiger partial charge is 0.393 e. The molecule has 1 aliphatic heterocycles. The first kappa shape index (κ1) is 14.5. The van der Waals surface area contributed by atoms with Crippen LogP contribution in [-0.2, 0) is 19.4 Å². The van der Waals surface area contributed by atoms with E-state index >= 15 is 0 Å². The molecule has 1 aromatic heterocycles. The molecular formula is C15H24N4O2. The van der Waals surface area contributed by atoms with Crippen LogP contribution in [0.25, 0.3) is 0 Å². The molecule has 1 amide bonds. The normalized spacial score (nSPS) is 23.2. The zero-order valence-electron chi connectivity index (χ0n) is 12.9. The number of piperazine rings is 1. The third kappa shape index (κ3) is 2.70. The van der Waals surface area contributed by atoms with Gasteiger partial charge in [0, 0.05) is 50.4 Å². The second-order valence-electron chi connectivity index (χ2n) is 6.08. The second-order valence-corrected chi connectivity index (χ2v) is 6.08. The molecule has 1 unspecified atom stereocenters. The van der Waals surface area contributed by atoms with Gasteiger partial charge in [0.1, 0.15) is 0 Å². The van der Waals surface area contributed by atoms with Crippen LogP contribution in [0.2, 0.25) is 0 Å². The Morgan fingerprint density at radius 3 is 2.71 bits per heavy atom. The summed E-state index contributed by atoms with van der Waals surface area (Å²) in [7, 11) is 2.08. The summed E-state index contributed by atoms with van der Waals surface area (Å²) in [5.41, 5.74) is 2.68. The number of hydrogen-bond donors (Lipinski definition) is 1. The molecule has 0 radical (unpaired) electrons. The number of aryl methyl sites for hydroxylation is 1. The minimum Gasteiger partial charge on any atom is -0.393 e. The highest BCUT2D eigenvalue weighted by Crippen LogP contribution is 2.26. The van der Waals surface area contributed by atoms with Gasteiger partial charge in [-0.2, -0.15) is 5.10 Å². The summed E-state index contributed by atoms with van der Waals surface area (Å²) in [6.45, 7) is 6.14. The van der Waals surface area contributed by atoms with Gasteiger partial charge in [-0.15, -0.1) is 0 Å². The standard InChI is InChI=1S/C15H24N4O2/c1-3-19-13-5-4-11(20)10-12(13)14(16-19)15(21)18-8-6-17(2)7-9-18/h11,20H,3-10H2,1-2H3. The number of aromatic nitrogens is 2. The molecule has 21 heavy (non-hydrogen) atoms. The van der Waals surface area contributed by atoms with Gasteiger partial charge < -0.3 is 14.9 Å². The van der Waals surface area contributed by atoms with Crippen LogP contribution in [0.15, 0.2) is 0 Å². The van der Waals surface area contributed by atoms with Crippen molar-refractivity contribution in [3.8, 4) is 0 Å². The molecule has 2 aliphatic rings. The molecule has 1 aromatic rings. The zero-order chi connectivity index (χ0) is 15.0. The van der Waals surface area contributed by atoms with Crippen molar-refractivity contribution in [2.75, 3.05) is 33.2 Å². The Kier molecular flexibility index (Phi) is 3.99. The van der Waals surface area contributed by atoms with E-state index in [1.54, 1.807) is 0 Å². The van der Waals surface area contributed by atoms with Crippen molar-refractivity contribution in [2.45, 2.75) is 38.8 Å².